The van der Waals surface area contributed by atoms with Crippen molar-refractivity contribution in [3.05, 3.63) is 0 Å². The van der Waals surface area contributed by atoms with E-state index >= 15 is 0 Å². The van der Waals surface area contributed by atoms with E-state index in [4.69, 9.17) is 9.99 Å². The summed E-state index contributed by atoms with van der Waals surface area (Å²) in [4.78, 5) is 13.9. The number of carbonyl (C=O) groups excluding carboxylic acids is 1. The zero-order chi connectivity index (χ0) is 10.7. The van der Waals surface area contributed by atoms with Gasteiger partial charge in [-0.2, -0.15) is 5.26 Å². The van der Waals surface area contributed by atoms with Crippen LogP contribution < -0.4 is 0 Å². The van der Waals surface area contributed by atoms with Gasteiger partial charge in [-0.05, 0) is 20.8 Å². The molecule has 5 heteroatoms. The lowest BCUT2D eigenvalue weighted by Gasteiger charge is -2.31. The van der Waals surface area contributed by atoms with E-state index in [2.05, 4.69) is 9.62 Å². The van der Waals surface area contributed by atoms with Crippen molar-refractivity contribution >= 4 is 6.16 Å². The topological polar surface area (TPSA) is 65.0 Å². The highest BCUT2D eigenvalue weighted by Gasteiger charge is 2.30. The highest BCUT2D eigenvalue weighted by molar-refractivity contribution is 5.59. The average Bonchev–Trinajstić information content (AvgIpc) is 1.80. The molecule has 0 fully saturated rings. The van der Waals surface area contributed by atoms with Gasteiger partial charge in [0.25, 0.3) is 0 Å². The van der Waals surface area contributed by atoms with Crippen molar-refractivity contribution in [1.29, 1.82) is 0 Å². The fourth-order valence-electron chi connectivity index (χ4n) is 0.978. The SMILES string of the molecule is CC(C)(C)OC(C)(C)OC(=O)OO. The van der Waals surface area contributed by atoms with Crippen LogP contribution in [-0.2, 0) is 14.4 Å². The van der Waals surface area contributed by atoms with Crippen LogP contribution in [0.25, 0.3) is 0 Å². The Balaban J connectivity index is 4.16. The van der Waals surface area contributed by atoms with Gasteiger partial charge in [-0.3, -0.25) is 4.89 Å². The molecule has 0 unspecified atom stereocenters. The van der Waals surface area contributed by atoms with Crippen molar-refractivity contribution in [1.82, 2.24) is 0 Å². The Bertz CT molecular complexity index is 179. The molecular formula is C8H16O5. The molecule has 1 N–H and O–H groups in total. The second kappa shape index (κ2) is 3.93. The smallest absolute Gasteiger partial charge is 0.400 e. The van der Waals surface area contributed by atoms with Crippen molar-refractivity contribution in [3.8, 4) is 0 Å². The Morgan fingerprint density at radius 2 is 1.62 bits per heavy atom. The van der Waals surface area contributed by atoms with Gasteiger partial charge in [0, 0.05) is 13.8 Å². The van der Waals surface area contributed by atoms with E-state index in [1.165, 1.54) is 0 Å². The molecule has 0 aliphatic carbocycles. The lowest BCUT2D eigenvalue weighted by Crippen LogP contribution is -2.38. The van der Waals surface area contributed by atoms with E-state index in [0.29, 0.717) is 0 Å². The maximum absolute atomic E-state index is 10.5. The third-order valence-electron chi connectivity index (χ3n) is 0.956. The summed E-state index contributed by atoms with van der Waals surface area (Å²) in [5.41, 5.74) is -0.445. The standard InChI is InChI=1S/C8H16O5/c1-7(2,3)13-8(4,5)11-6(9)12-10/h10H,1-5H3. The highest BCUT2D eigenvalue weighted by Crippen LogP contribution is 2.21. The van der Waals surface area contributed by atoms with Crippen LogP contribution in [0.5, 0.6) is 0 Å². The first-order valence-electron chi connectivity index (χ1n) is 3.91. The molecule has 5 nitrogen and oxygen atoms in total. The van der Waals surface area contributed by atoms with Gasteiger partial charge in [-0.25, -0.2) is 4.79 Å². The van der Waals surface area contributed by atoms with Crippen molar-refractivity contribution < 1.29 is 24.4 Å². The molecule has 0 aromatic heterocycles. The summed E-state index contributed by atoms with van der Waals surface area (Å²) in [6.07, 6.45) is -1.19. The van der Waals surface area contributed by atoms with Crippen LogP contribution >= 0.6 is 0 Å². The monoisotopic (exact) mass is 192 g/mol. The first kappa shape index (κ1) is 12.2. The van der Waals surface area contributed by atoms with E-state index in [9.17, 15) is 4.79 Å². The summed E-state index contributed by atoms with van der Waals surface area (Å²) >= 11 is 0. The molecule has 0 heterocycles. The fraction of sp³-hybridized carbons (Fsp3) is 0.875. The second-order valence-electron chi connectivity index (χ2n) is 4.06. The van der Waals surface area contributed by atoms with Crippen LogP contribution in [0.15, 0.2) is 0 Å². The van der Waals surface area contributed by atoms with E-state index in [1.807, 2.05) is 20.8 Å². The number of carbonyl (C=O) groups is 1. The van der Waals surface area contributed by atoms with Crippen LogP contribution in [0.4, 0.5) is 4.79 Å². The van der Waals surface area contributed by atoms with Gasteiger partial charge in [0.2, 0.25) is 5.79 Å². The molecule has 0 rings (SSSR count). The lowest BCUT2D eigenvalue weighted by atomic mass is 10.2. The van der Waals surface area contributed by atoms with Gasteiger partial charge in [0.15, 0.2) is 0 Å². The zero-order valence-corrected chi connectivity index (χ0v) is 8.58. The Hall–Kier alpha value is -0.810. The number of hydrogen-bond acceptors (Lipinski definition) is 5. The van der Waals surface area contributed by atoms with Crippen molar-refractivity contribution in [2.24, 2.45) is 0 Å². The highest BCUT2D eigenvalue weighted by atomic mass is 17.2. The van der Waals surface area contributed by atoms with E-state index < -0.39 is 17.5 Å². The molecule has 0 bridgehead atoms. The van der Waals surface area contributed by atoms with E-state index in [0.717, 1.165) is 0 Å². The third kappa shape index (κ3) is 6.36. The largest absolute Gasteiger partial charge is 0.542 e. The normalized spacial score (nSPS) is 12.5. The predicted octanol–water partition coefficient (Wildman–Crippen LogP) is 2.16. The number of ether oxygens (including phenoxy) is 2. The van der Waals surface area contributed by atoms with Gasteiger partial charge < -0.3 is 9.47 Å². The Kier molecular flexibility index (Phi) is 3.69. The minimum atomic E-state index is -1.19. The molecule has 0 saturated carbocycles. The quantitative estimate of drug-likeness (QED) is 0.314. The van der Waals surface area contributed by atoms with Crippen LogP contribution in [-0.4, -0.2) is 22.8 Å². The van der Waals surface area contributed by atoms with Gasteiger partial charge in [-0.15, -0.1) is 0 Å². The first-order chi connectivity index (χ1) is 5.66. The molecule has 0 radical (unpaired) electrons. The molecule has 78 valence electrons. The van der Waals surface area contributed by atoms with Crippen LogP contribution in [0.1, 0.15) is 34.6 Å². The first-order valence-corrected chi connectivity index (χ1v) is 3.91. The molecular weight excluding hydrogens is 176 g/mol. The molecule has 0 spiro atoms. The van der Waals surface area contributed by atoms with Crippen LogP contribution in [0.2, 0.25) is 0 Å². The summed E-state index contributed by atoms with van der Waals surface area (Å²) in [5.74, 6) is -1.13. The Morgan fingerprint density at radius 1 is 1.15 bits per heavy atom. The Morgan fingerprint density at radius 3 is 1.92 bits per heavy atom. The van der Waals surface area contributed by atoms with Crippen molar-refractivity contribution in [3.63, 3.8) is 0 Å². The van der Waals surface area contributed by atoms with Crippen LogP contribution in [0, 0.1) is 0 Å². The summed E-state index contributed by atoms with van der Waals surface area (Å²) in [6.45, 7) is 8.57. The van der Waals surface area contributed by atoms with E-state index in [1.54, 1.807) is 13.8 Å². The minimum Gasteiger partial charge on any atom is -0.400 e. The van der Waals surface area contributed by atoms with Crippen molar-refractivity contribution in [2.45, 2.75) is 46.0 Å². The van der Waals surface area contributed by atoms with E-state index in [-0.39, 0.29) is 0 Å². The zero-order valence-electron chi connectivity index (χ0n) is 8.58. The fourth-order valence-corrected chi connectivity index (χ4v) is 0.978. The summed E-state index contributed by atoms with van der Waals surface area (Å²) in [7, 11) is 0. The number of rotatable bonds is 2. The second-order valence-corrected chi connectivity index (χ2v) is 4.06. The molecule has 0 aromatic carbocycles. The summed E-state index contributed by atoms with van der Waals surface area (Å²) in [5, 5.41) is 7.97. The third-order valence-corrected chi connectivity index (χ3v) is 0.956. The molecule has 0 aliphatic rings. The lowest BCUT2D eigenvalue weighted by molar-refractivity contribution is -0.271. The predicted molar refractivity (Wildman–Crippen MR) is 45.1 cm³/mol. The average molecular weight is 192 g/mol. The van der Waals surface area contributed by atoms with Gasteiger partial charge in [0.05, 0.1) is 5.60 Å². The van der Waals surface area contributed by atoms with Crippen LogP contribution in [0.3, 0.4) is 0 Å². The molecule has 0 saturated heterocycles. The Labute approximate surface area is 77.5 Å². The molecule has 0 atom stereocenters. The van der Waals surface area contributed by atoms with Gasteiger partial charge >= 0.3 is 6.16 Å². The molecule has 0 amide bonds. The summed E-state index contributed by atoms with van der Waals surface area (Å²) in [6, 6.07) is 0. The van der Waals surface area contributed by atoms with Gasteiger partial charge in [0.1, 0.15) is 0 Å². The molecule has 13 heavy (non-hydrogen) atoms. The minimum absolute atomic E-state index is 0.445. The van der Waals surface area contributed by atoms with Gasteiger partial charge in [-0.1, -0.05) is 0 Å². The summed E-state index contributed by atoms with van der Waals surface area (Å²) < 4.78 is 9.99. The maximum Gasteiger partial charge on any atom is 0.542 e. The maximum atomic E-state index is 10.5. The molecule has 0 aromatic rings. The molecule has 0 aliphatic heterocycles. The number of hydrogen-bond donors (Lipinski definition) is 1. The van der Waals surface area contributed by atoms with Crippen molar-refractivity contribution in [2.75, 3.05) is 0 Å².